The molecule has 1 aromatic rings. The number of rotatable bonds is 7. The van der Waals surface area contributed by atoms with Gasteiger partial charge in [-0.05, 0) is 25.0 Å². The van der Waals surface area contributed by atoms with E-state index in [2.05, 4.69) is 0 Å². The zero-order valence-corrected chi connectivity index (χ0v) is 12.5. The van der Waals surface area contributed by atoms with Gasteiger partial charge in [0.25, 0.3) is 5.56 Å². The second kappa shape index (κ2) is 8.94. The molecule has 1 heterocycles. The van der Waals surface area contributed by atoms with E-state index in [0.717, 1.165) is 30.3 Å². The molecule has 0 saturated heterocycles. The van der Waals surface area contributed by atoms with E-state index in [1.165, 1.54) is 18.3 Å². The first-order valence-corrected chi connectivity index (χ1v) is 7.17. The molecule has 0 amide bonds. The summed E-state index contributed by atoms with van der Waals surface area (Å²) in [5.41, 5.74) is -0.887. The Bertz CT molecular complexity index is 492. The number of esters is 1. The smallest absolute Gasteiger partial charge is 0.420 e. The molecule has 0 radical (unpaired) electrons. The lowest BCUT2D eigenvalue weighted by molar-refractivity contribution is 0.0497. The first-order chi connectivity index (χ1) is 10.1. The Morgan fingerprint density at radius 1 is 1.10 bits per heavy atom. The van der Waals surface area contributed by atoms with Crippen molar-refractivity contribution >= 4 is 12.1 Å². The molecule has 6 heteroatoms. The number of carbonyl (C=O) groups excluding carboxylic acids is 2. The molecule has 0 spiro atoms. The molecule has 0 fully saturated rings. The van der Waals surface area contributed by atoms with E-state index in [-0.39, 0.29) is 18.8 Å². The summed E-state index contributed by atoms with van der Waals surface area (Å²) in [4.78, 5) is 35.6. The van der Waals surface area contributed by atoms with E-state index in [1.54, 1.807) is 0 Å². The third-order valence-corrected chi connectivity index (χ3v) is 2.82. The maximum absolute atomic E-state index is 12.1. The van der Waals surface area contributed by atoms with Crippen molar-refractivity contribution < 1.29 is 19.1 Å². The van der Waals surface area contributed by atoms with Gasteiger partial charge in [0.15, 0.2) is 0 Å². The van der Waals surface area contributed by atoms with Crippen LogP contribution >= 0.6 is 0 Å². The standard InChI is InChI=1S/C15H21NO5/c1-3-5-10-20-14(18)12-8-7-9-16(13(12)17)15(19)21-11-6-4-2/h7-9H,3-6,10-11H2,1-2H3. The van der Waals surface area contributed by atoms with E-state index in [0.29, 0.717) is 0 Å². The second-order valence-electron chi connectivity index (χ2n) is 4.55. The third kappa shape index (κ3) is 5.06. The second-order valence-corrected chi connectivity index (χ2v) is 4.55. The van der Waals surface area contributed by atoms with Crippen LogP contribution < -0.4 is 5.56 Å². The van der Waals surface area contributed by atoms with E-state index in [4.69, 9.17) is 9.47 Å². The number of unbranched alkanes of at least 4 members (excludes halogenated alkanes) is 2. The highest BCUT2D eigenvalue weighted by molar-refractivity contribution is 5.89. The van der Waals surface area contributed by atoms with Gasteiger partial charge in [-0.2, -0.15) is 0 Å². The molecular weight excluding hydrogens is 274 g/mol. The van der Waals surface area contributed by atoms with Crippen LogP contribution in [0.25, 0.3) is 0 Å². The minimum atomic E-state index is -0.781. The van der Waals surface area contributed by atoms with Crippen LogP contribution in [0.1, 0.15) is 49.9 Å². The molecule has 0 unspecified atom stereocenters. The lowest BCUT2D eigenvalue weighted by Gasteiger charge is -2.08. The van der Waals surface area contributed by atoms with E-state index < -0.39 is 17.6 Å². The Hall–Kier alpha value is -2.11. The summed E-state index contributed by atoms with van der Waals surface area (Å²) < 4.78 is 10.7. The van der Waals surface area contributed by atoms with Crippen molar-refractivity contribution in [3.8, 4) is 0 Å². The SMILES string of the molecule is CCCCOC(=O)c1cccn(C(=O)OCCCC)c1=O. The van der Waals surface area contributed by atoms with E-state index >= 15 is 0 Å². The van der Waals surface area contributed by atoms with E-state index in [1.807, 2.05) is 13.8 Å². The quantitative estimate of drug-likeness (QED) is 0.571. The van der Waals surface area contributed by atoms with Crippen LogP contribution in [0, 0.1) is 0 Å². The van der Waals surface area contributed by atoms with Crippen LogP contribution in [0.15, 0.2) is 23.1 Å². The van der Waals surface area contributed by atoms with Gasteiger partial charge in [-0.3, -0.25) is 4.79 Å². The summed E-state index contributed by atoms with van der Waals surface area (Å²) >= 11 is 0. The molecule has 0 aliphatic rings. The van der Waals surface area contributed by atoms with Gasteiger partial charge in [-0.15, -0.1) is 0 Å². The van der Waals surface area contributed by atoms with Crippen molar-refractivity contribution in [1.29, 1.82) is 0 Å². The number of nitrogens with zero attached hydrogens (tertiary/aromatic N) is 1. The van der Waals surface area contributed by atoms with Crippen LogP contribution in [0.2, 0.25) is 0 Å². The summed E-state index contributed by atoms with van der Waals surface area (Å²) in [5.74, 6) is -0.718. The van der Waals surface area contributed by atoms with Crippen LogP contribution in [0.3, 0.4) is 0 Å². The topological polar surface area (TPSA) is 74.6 Å². The van der Waals surface area contributed by atoms with Gasteiger partial charge >= 0.3 is 12.1 Å². The zero-order valence-electron chi connectivity index (χ0n) is 12.5. The fraction of sp³-hybridized carbons (Fsp3) is 0.533. The van der Waals surface area contributed by atoms with Gasteiger partial charge in [0.05, 0.1) is 13.2 Å². The Kier molecular flexibility index (Phi) is 7.21. The molecule has 0 atom stereocenters. The normalized spacial score (nSPS) is 10.2. The third-order valence-electron chi connectivity index (χ3n) is 2.82. The first-order valence-electron chi connectivity index (χ1n) is 7.17. The number of carbonyl (C=O) groups is 2. The van der Waals surface area contributed by atoms with Crippen molar-refractivity contribution in [3.63, 3.8) is 0 Å². The molecule has 21 heavy (non-hydrogen) atoms. The fourth-order valence-electron chi connectivity index (χ4n) is 1.55. The molecule has 116 valence electrons. The van der Waals surface area contributed by atoms with E-state index in [9.17, 15) is 14.4 Å². The summed E-state index contributed by atoms with van der Waals surface area (Å²) in [5, 5.41) is 0. The van der Waals surface area contributed by atoms with Gasteiger partial charge in [0.1, 0.15) is 5.56 Å². The average Bonchev–Trinajstić information content (AvgIpc) is 2.47. The number of pyridine rings is 1. The Morgan fingerprint density at radius 2 is 1.71 bits per heavy atom. The highest BCUT2D eigenvalue weighted by Crippen LogP contribution is 1.99. The fourth-order valence-corrected chi connectivity index (χ4v) is 1.55. The summed E-state index contributed by atoms with van der Waals surface area (Å²) in [6, 6.07) is 2.78. The van der Waals surface area contributed by atoms with Crippen molar-refractivity contribution in [3.05, 3.63) is 34.2 Å². The van der Waals surface area contributed by atoms with Gasteiger partial charge in [0, 0.05) is 6.20 Å². The van der Waals surface area contributed by atoms with Crippen molar-refractivity contribution in [2.45, 2.75) is 39.5 Å². The molecule has 1 aromatic heterocycles. The Labute approximate surface area is 123 Å². The largest absolute Gasteiger partial charge is 0.462 e. The lowest BCUT2D eigenvalue weighted by atomic mass is 10.3. The highest BCUT2D eigenvalue weighted by Gasteiger charge is 2.17. The number of hydrogen-bond acceptors (Lipinski definition) is 5. The minimum Gasteiger partial charge on any atom is -0.462 e. The Morgan fingerprint density at radius 3 is 2.33 bits per heavy atom. The van der Waals surface area contributed by atoms with Gasteiger partial charge in [-0.25, -0.2) is 14.2 Å². The minimum absolute atomic E-state index is 0.166. The zero-order chi connectivity index (χ0) is 15.7. The van der Waals surface area contributed by atoms with Crippen LogP contribution in [0.4, 0.5) is 4.79 Å². The number of ether oxygens (including phenoxy) is 2. The average molecular weight is 295 g/mol. The summed E-state index contributed by atoms with van der Waals surface area (Å²) in [6.07, 6.45) is 3.71. The van der Waals surface area contributed by atoms with Crippen LogP contribution in [0.5, 0.6) is 0 Å². The van der Waals surface area contributed by atoms with Crippen molar-refractivity contribution in [1.82, 2.24) is 4.57 Å². The van der Waals surface area contributed by atoms with Gasteiger partial charge in [-0.1, -0.05) is 26.7 Å². The molecule has 0 N–H and O–H groups in total. The van der Waals surface area contributed by atoms with Crippen molar-refractivity contribution in [2.24, 2.45) is 0 Å². The lowest BCUT2D eigenvalue weighted by Crippen LogP contribution is -2.32. The molecule has 6 nitrogen and oxygen atoms in total. The summed E-state index contributed by atoms with van der Waals surface area (Å²) in [7, 11) is 0. The van der Waals surface area contributed by atoms with Crippen LogP contribution in [-0.4, -0.2) is 29.8 Å². The molecule has 0 bridgehead atoms. The van der Waals surface area contributed by atoms with Gasteiger partial charge < -0.3 is 9.47 Å². The molecule has 0 aliphatic carbocycles. The van der Waals surface area contributed by atoms with Gasteiger partial charge in [0.2, 0.25) is 0 Å². The number of aromatic nitrogens is 1. The number of hydrogen-bond donors (Lipinski definition) is 0. The first kappa shape index (κ1) is 16.9. The maximum Gasteiger partial charge on any atom is 0.420 e. The molecule has 0 aliphatic heterocycles. The summed E-state index contributed by atoms with van der Waals surface area (Å²) in [6.45, 7) is 4.43. The predicted molar refractivity (Wildman–Crippen MR) is 77.5 cm³/mol. The van der Waals surface area contributed by atoms with Crippen molar-refractivity contribution in [2.75, 3.05) is 13.2 Å². The molecule has 0 aromatic carbocycles. The monoisotopic (exact) mass is 295 g/mol. The highest BCUT2D eigenvalue weighted by atomic mass is 16.6. The maximum atomic E-state index is 12.1. The molecular formula is C15H21NO5. The Balaban J connectivity index is 2.80. The predicted octanol–water partition coefficient (Wildman–Crippen LogP) is 2.59. The molecule has 1 rings (SSSR count). The molecule has 0 saturated carbocycles. The van der Waals surface area contributed by atoms with Crippen LogP contribution in [-0.2, 0) is 9.47 Å².